The fourth-order valence-corrected chi connectivity index (χ4v) is 4.21. The number of Topliss-reactive ketones (excluding diaryl/α,β-unsaturated/α-hetero) is 1. The van der Waals surface area contributed by atoms with Crippen LogP contribution >= 0.6 is 0 Å². The van der Waals surface area contributed by atoms with Crippen LogP contribution in [0.25, 0.3) is 0 Å². The van der Waals surface area contributed by atoms with Gasteiger partial charge in [-0.1, -0.05) is 31.2 Å². The molecule has 8 nitrogen and oxygen atoms in total. The molecule has 0 fully saturated rings. The molecule has 0 aliphatic rings. The molecule has 0 bridgehead atoms. The van der Waals surface area contributed by atoms with E-state index < -0.39 is 36.5 Å². The maximum Gasteiger partial charge on any atom is 0.309 e. The highest BCUT2D eigenvalue weighted by Crippen LogP contribution is 2.31. The molecule has 0 radical (unpaired) electrons. The Hall–Kier alpha value is -4.34. The molecular weight excluding hydrogens is 536 g/mol. The van der Waals surface area contributed by atoms with E-state index in [0.717, 1.165) is 11.1 Å². The minimum absolute atomic E-state index is 0.00570. The minimum atomic E-state index is -0.823. The third kappa shape index (κ3) is 9.37. The molecule has 10 heteroatoms. The largest absolute Gasteiger partial charge is 0.493 e. The Morgan fingerprint density at radius 3 is 1.95 bits per heavy atom. The molecule has 41 heavy (non-hydrogen) atoms. The molecule has 0 saturated heterocycles. The highest BCUT2D eigenvalue weighted by Gasteiger charge is 2.28. The average molecular weight is 570 g/mol. The number of methoxy groups -OCH3 is 1. The van der Waals surface area contributed by atoms with Crippen molar-refractivity contribution in [2.75, 3.05) is 13.9 Å². The maximum absolute atomic E-state index is 13.4. The lowest BCUT2D eigenvalue weighted by Gasteiger charge is -2.26. The quantitative estimate of drug-likeness (QED) is 0.142. The molecule has 2 atom stereocenters. The molecule has 1 unspecified atom stereocenters. The number of carbonyl (C=O) groups is 3. The van der Waals surface area contributed by atoms with Crippen molar-refractivity contribution >= 4 is 17.7 Å². The number of ether oxygens (including phenoxy) is 4. The lowest BCUT2D eigenvalue weighted by Crippen LogP contribution is -2.30. The Kier molecular flexibility index (Phi) is 11.3. The predicted molar refractivity (Wildman–Crippen MR) is 145 cm³/mol. The summed E-state index contributed by atoms with van der Waals surface area (Å²) in [6.07, 6.45) is 1.53. The number of esters is 2. The number of aromatic nitrogens is 1. The summed E-state index contributed by atoms with van der Waals surface area (Å²) in [4.78, 5) is 41.4. The van der Waals surface area contributed by atoms with E-state index in [4.69, 9.17) is 18.9 Å². The SMILES string of the molecule is COc1ccnc(C(=O)C[C@@H](C)C(=O)OC(C)C(Cc2ccc(F)cc2)Cc2ccc(F)cc2)c1OCOC(C)=O. The first kappa shape index (κ1) is 31.2. The molecule has 0 spiro atoms. The van der Waals surface area contributed by atoms with E-state index in [2.05, 4.69) is 4.98 Å². The highest BCUT2D eigenvalue weighted by atomic mass is 19.1. The van der Waals surface area contributed by atoms with E-state index >= 15 is 0 Å². The van der Waals surface area contributed by atoms with Gasteiger partial charge in [-0.25, -0.2) is 13.8 Å². The normalized spacial score (nSPS) is 12.4. The van der Waals surface area contributed by atoms with E-state index in [9.17, 15) is 23.2 Å². The van der Waals surface area contributed by atoms with Crippen LogP contribution in [0.15, 0.2) is 60.8 Å². The Balaban J connectivity index is 1.70. The molecular formula is C31H33F2NO7. The molecule has 0 aliphatic heterocycles. The van der Waals surface area contributed by atoms with Crippen LogP contribution in [0.4, 0.5) is 8.78 Å². The first-order valence-corrected chi connectivity index (χ1v) is 13.1. The smallest absolute Gasteiger partial charge is 0.309 e. The van der Waals surface area contributed by atoms with Crippen LogP contribution < -0.4 is 9.47 Å². The average Bonchev–Trinajstić information content (AvgIpc) is 2.94. The summed E-state index contributed by atoms with van der Waals surface area (Å²) in [7, 11) is 1.39. The molecule has 3 rings (SSSR count). The summed E-state index contributed by atoms with van der Waals surface area (Å²) in [5.74, 6) is -3.18. The van der Waals surface area contributed by atoms with Crippen molar-refractivity contribution in [3.05, 3.63) is 89.2 Å². The van der Waals surface area contributed by atoms with Gasteiger partial charge >= 0.3 is 11.9 Å². The van der Waals surface area contributed by atoms with Crippen LogP contribution in [-0.2, 0) is 31.9 Å². The van der Waals surface area contributed by atoms with E-state index in [1.54, 1.807) is 38.1 Å². The lowest BCUT2D eigenvalue weighted by atomic mass is 9.88. The number of ketones is 1. The Morgan fingerprint density at radius 1 is 0.878 bits per heavy atom. The van der Waals surface area contributed by atoms with Crippen LogP contribution in [-0.4, -0.2) is 42.7 Å². The summed E-state index contributed by atoms with van der Waals surface area (Å²) < 4.78 is 48.2. The third-order valence-corrected chi connectivity index (χ3v) is 6.50. The van der Waals surface area contributed by atoms with Gasteiger partial charge < -0.3 is 18.9 Å². The summed E-state index contributed by atoms with van der Waals surface area (Å²) in [5.41, 5.74) is 1.64. The Morgan fingerprint density at radius 2 is 1.44 bits per heavy atom. The monoisotopic (exact) mass is 569 g/mol. The van der Waals surface area contributed by atoms with Gasteiger partial charge in [-0.2, -0.15) is 0 Å². The molecule has 1 heterocycles. The fourth-order valence-electron chi connectivity index (χ4n) is 4.21. The molecule has 218 valence electrons. The number of benzene rings is 2. The number of hydrogen-bond acceptors (Lipinski definition) is 8. The summed E-state index contributed by atoms with van der Waals surface area (Å²) in [5, 5.41) is 0. The van der Waals surface area contributed by atoms with Crippen molar-refractivity contribution in [3.63, 3.8) is 0 Å². The van der Waals surface area contributed by atoms with Crippen molar-refractivity contribution in [2.24, 2.45) is 11.8 Å². The zero-order chi connectivity index (χ0) is 29.9. The molecule has 0 N–H and O–H groups in total. The van der Waals surface area contributed by atoms with Crippen LogP contribution in [0.3, 0.4) is 0 Å². The van der Waals surface area contributed by atoms with Gasteiger partial charge in [0.15, 0.2) is 23.0 Å². The fraction of sp³-hybridized carbons (Fsp3) is 0.355. The number of pyridine rings is 1. The lowest BCUT2D eigenvalue weighted by molar-refractivity contribution is -0.155. The minimum Gasteiger partial charge on any atom is -0.493 e. The van der Waals surface area contributed by atoms with Crippen LogP contribution in [0, 0.1) is 23.5 Å². The van der Waals surface area contributed by atoms with E-state index in [-0.39, 0.29) is 41.2 Å². The second-order valence-corrected chi connectivity index (χ2v) is 9.68. The second-order valence-electron chi connectivity index (χ2n) is 9.68. The van der Waals surface area contributed by atoms with Gasteiger partial charge in [0.25, 0.3) is 0 Å². The van der Waals surface area contributed by atoms with Gasteiger partial charge in [-0.05, 0) is 55.2 Å². The van der Waals surface area contributed by atoms with Crippen molar-refractivity contribution in [2.45, 2.75) is 46.1 Å². The van der Waals surface area contributed by atoms with Gasteiger partial charge in [0.2, 0.25) is 6.79 Å². The van der Waals surface area contributed by atoms with E-state index in [1.165, 1.54) is 50.6 Å². The number of rotatable bonds is 14. The molecule has 0 saturated carbocycles. The first-order chi connectivity index (χ1) is 19.6. The zero-order valence-electron chi connectivity index (χ0n) is 23.4. The van der Waals surface area contributed by atoms with Gasteiger partial charge in [-0.15, -0.1) is 0 Å². The number of nitrogens with zero attached hydrogens (tertiary/aromatic N) is 1. The van der Waals surface area contributed by atoms with Crippen LogP contribution in [0.5, 0.6) is 11.5 Å². The Bertz CT molecular complexity index is 1280. The van der Waals surface area contributed by atoms with E-state index in [1.807, 2.05) is 0 Å². The summed E-state index contributed by atoms with van der Waals surface area (Å²) >= 11 is 0. The molecule has 0 amide bonds. The van der Waals surface area contributed by atoms with Gasteiger partial charge in [0.05, 0.1) is 13.0 Å². The molecule has 3 aromatic rings. The van der Waals surface area contributed by atoms with Crippen molar-refractivity contribution in [1.29, 1.82) is 0 Å². The number of hydrogen-bond donors (Lipinski definition) is 0. The standard InChI is InChI=1S/C31H33F2NO7/c1-19(15-27(36)29-30(40-18-39-21(3)35)28(38-4)13-14-34-29)31(37)41-20(2)24(16-22-5-9-25(32)10-6-22)17-23-7-11-26(33)12-8-23/h5-14,19-20,24H,15-18H2,1-4H3/t19-,20?/m1/s1. The molecule has 2 aromatic carbocycles. The van der Waals surface area contributed by atoms with Crippen molar-refractivity contribution < 1.29 is 42.1 Å². The Labute approximate surface area is 237 Å². The number of carbonyl (C=O) groups excluding carboxylic acids is 3. The van der Waals surface area contributed by atoms with Gasteiger partial charge in [0, 0.05) is 31.5 Å². The number of halogens is 2. The summed E-state index contributed by atoms with van der Waals surface area (Å²) in [6.45, 7) is 4.10. The van der Waals surface area contributed by atoms with E-state index in [0.29, 0.717) is 12.8 Å². The molecule has 0 aliphatic carbocycles. The highest BCUT2D eigenvalue weighted by molar-refractivity contribution is 5.99. The zero-order valence-corrected chi connectivity index (χ0v) is 23.4. The molecule has 1 aromatic heterocycles. The predicted octanol–water partition coefficient (Wildman–Crippen LogP) is 5.51. The van der Waals surface area contributed by atoms with Crippen LogP contribution in [0.2, 0.25) is 0 Å². The third-order valence-electron chi connectivity index (χ3n) is 6.50. The second kappa shape index (κ2) is 14.9. The summed E-state index contributed by atoms with van der Waals surface area (Å²) in [6, 6.07) is 13.6. The van der Waals surface area contributed by atoms with Crippen LogP contribution in [0.1, 0.15) is 48.8 Å². The first-order valence-electron chi connectivity index (χ1n) is 13.1. The van der Waals surface area contributed by atoms with Gasteiger partial charge in [-0.3, -0.25) is 14.4 Å². The maximum atomic E-state index is 13.4. The van der Waals surface area contributed by atoms with Crippen molar-refractivity contribution in [3.8, 4) is 11.5 Å². The van der Waals surface area contributed by atoms with Gasteiger partial charge in [0.1, 0.15) is 17.7 Å². The van der Waals surface area contributed by atoms with Crippen molar-refractivity contribution in [1.82, 2.24) is 4.98 Å². The topological polar surface area (TPSA) is 101 Å².